The molecular weight excluding hydrogens is 371 g/mol. The highest BCUT2D eigenvalue weighted by molar-refractivity contribution is 6.35. The molecular formula is C20H22Cl2N2O2. The fourth-order valence-corrected chi connectivity index (χ4v) is 3.28. The Morgan fingerprint density at radius 2 is 1.85 bits per heavy atom. The van der Waals surface area contributed by atoms with Crippen LogP contribution in [0.5, 0.6) is 11.5 Å². The Hall–Kier alpha value is -1.91. The molecule has 0 atom stereocenters. The third kappa shape index (κ3) is 5.05. The maximum absolute atomic E-state index is 6.19. The number of hydrogen-bond donors (Lipinski definition) is 0. The number of ether oxygens (including phenoxy) is 2. The summed E-state index contributed by atoms with van der Waals surface area (Å²) in [6.45, 7) is 2.39. The molecule has 1 heterocycles. The Balaban J connectivity index is 1.67. The molecule has 0 aliphatic carbocycles. The molecule has 1 aliphatic rings. The van der Waals surface area contributed by atoms with Crippen LogP contribution in [-0.4, -0.2) is 31.4 Å². The molecule has 138 valence electrons. The van der Waals surface area contributed by atoms with Gasteiger partial charge in [-0.15, -0.1) is 0 Å². The Labute approximate surface area is 164 Å². The van der Waals surface area contributed by atoms with Gasteiger partial charge in [0.15, 0.2) is 11.5 Å². The first kappa shape index (κ1) is 18.9. The van der Waals surface area contributed by atoms with Crippen molar-refractivity contribution in [3.8, 4) is 11.5 Å². The molecule has 2 aromatic rings. The Bertz CT molecular complexity index is 774. The van der Waals surface area contributed by atoms with Gasteiger partial charge in [0.2, 0.25) is 0 Å². The maximum atomic E-state index is 6.19. The molecule has 2 aromatic carbocycles. The average Bonchev–Trinajstić information content (AvgIpc) is 2.67. The second-order valence-corrected chi connectivity index (χ2v) is 7.04. The van der Waals surface area contributed by atoms with Crippen molar-refractivity contribution in [1.29, 1.82) is 0 Å². The average molecular weight is 393 g/mol. The van der Waals surface area contributed by atoms with Gasteiger partial charge in [0.05, 0.1) is 13.3 Å². The van der Waals surface area contributed by atoms with Gasteiger partial charge in [-0.05, 0) is 55.2 Å². The van der Waals surface area contributed by atoms with E-state index in [9.17, 15) is 0 Å². The summed E-state index contributed by atoms with van der Waals surface area (Å²) in [4.78, 5) is 0. The van der Waals surface area contributed by atoms with Crippen LogP contribution in [0.25, 0.3) is 0 Å². The Morgan fingerprint density at radius 1 is 1.04 bits per heavy atom. The lowest BCUT2D eigenvalue weighted by molar-refractivity contribution is 0.240. The van der Waals surface area contributed by atoms with Gasteiger partial charge in [-0.1, -0.05) is 29.3 Å². The van der Waals surface area contributed by atoms with Crippen molar-refractivity contribution in [1.82, 2.24) is 5.01 Å². The van der Waals surface area contributed by atoms with Crippen LogP contribution in [0.4, 0.5) is 0 Å². The van der Waals surface area contributed by atoms with Crippen LogP contribution < -0.4 is 9.47 Å². The normalized spacial score (nSPS) is 14.7. The molecule has 0 amide bonds. The third-order valence-electron chi connectivity index (χ3n) is 4.29. The monoisotopic (exact) mass is 392 g/mol. The number of hydrogen-bond acceptors (Lipinski definition) is 4. The summed E-state index contributed by atoms with van der Waals surface area (Å²) in [5, 5.41) is 7.86. The van der Waals surface area contributed by atoms with Crippen LogP contribution in [0.3, 0.4) is 0 Å². The van der Waals surface area contributed by atoms with E-state index >= 15 is 0 Å². The van der Waals surface area contributed by atoms with Gasteiger partial charge in [-0.3, -0.25) is 5.01 Å². The molecule has 3 rings (SSSR count). The lowest BCUT2D eigenvalue weighted by atomic mass is 10.2. The number of halogens is 2. The summed E-state index contributed by atoms with van der Waals surface area (Å²) in [7, 11) is 1.63. The fraction of sp³-hybridized carbons (Fsp3) is 0.350. The van der Waals surface area contributed by atoms with Crippen molar-refractivity contribution in [2.45, 2.75) is 25.9 Å². The second kappa shape index (κ2) is 9.15. The van der Waals surface area contributed by atoms with Gasteiger partial charge in [-0.25, -0.2) is 0 Å². The van der Waals surface area contributed by atoms with E-state index in [1.165, 1.54) is 19.3 Å². The zero-order valence-electron chi connectivity index (χ0n) is 14.8. The largest absolute Gasteiger partial charge is 0.493 e. The summed E-state index contributed by atoms with van der Waals surface area (Å²) in [5.74, 6) is 1.33. The standard InChI is InChI=1S/C20H22Cl2N2O2/c1-25-20-11-15(13-23-24-9-3-2-4-10-24)5-8-19(20)26-14-16-6-7-17(21)12-18(16)22/h5-8,11-13H,2-4,9-10,14H2,1H3/b23-13+. The molecule has 0 saturated carbocycles. The van der Waals surface area contributed by atoms with Crippen molar-refractivity contribution in [3.05, 3.63) is 57.6 Å². The van der Waals surface area contributed by atoms with Gasteiger partial charge in [0, 0.05) is 28.7 Å². The van der Waals surface area contributed by atoms with Crippen molar-refractivity contribution >= 4 is 29.4 Å². The Kier molecular flexibility index (Phi) is 6.64. The second-order valence-electron chi connectivity index (χ2n) is 6.19. The van der Waals surface area contributed by atoms with Gasteiger partial charge in [-0.2, -0.15) is 5.10 Å². The molecule has 0 aromatic heterocycles. The van der Waals surface area contributed by atoms with Crippen molar-refractivity contribution in [3.63, 3.8) is 0 Å². The predicted molar refractivity (Wildman–Crippen MR) is 107 cm³/mol. The maximum Gasteiger partial charge on any atom is 0.161 e. The van der Waals surface area contributed by atoms with Crippen molar-refractivity contribution in [2.24, 2.45) is 5.10 Å². The van der Waals surface area contributed by atoms with E-state index in [0.717, 1.165) is 24.2 Å². The molecule has 6 heteroatoms. The van der Waals surface area contributed by atoms with Crippen LogP contribution in [-0.2, 0) is 6.61 Å². The lowest BCUT2D eigenvalue weighted by Gasteiger charge is -2.23. The molecule has 1 aliphatic heterocycles. The van der Waals surface area contributed by atoms with Gasteiger partial charge in [0.1, 0.15) is 6.61 Å². The summed E-state index contributed by atoms with van der Waals surface area (Å²) in [5.41, 5.74) is 1.85. The topological polar surface area (TPSA) is 34.1 Å². The highest BCUT2D eigenvalue weighted by Gasteiger charge is 2.09. The first-order valence-corrected chi connectivity index (χ1v) is 9.45. The van der Waals surface area contributed by atoms with E-state index in [1.807, 2.05) is 30.5 Å². The summed E-state index contributed by atoms with van der Waals surface area (Å²) < 4.78 is 11.3. The van der Waals surface area contributed by atoms with Crippen LogP contribution in [0, 0.1) is 0 Å². The molecule has 0 unspecified atom stereocenters. The first-order chi connectivity index (χ1) is 12.7. The lowest BCUT2D eigenvalue weighted by Crippen LogP contribution is -2.24. The number of piperidine rings is 1. The number of hydrazone groups is 1. The summed E-state index contributed by atoms with van der Waals surface area (Å²) in [6.07, 6.45) is 5.58. The fourth-order valence-electron chi connectivity index (χ4n) is 2.82. The van der Waals surface area contributed by atoms with Crippen LogP contribution in [0.15, 0.2) is 41.5 Å². The smallest absolute Gasteiger partial charge is 0.161 e. The van der Waals surface area contributed by atoms with E-state index in [0.29, 0.717) is 28.2 Å². The third-order valence-corrected chi connectivity index (χ3v) is 4.88. The predicted octanol–water partition coefficient (Wildman–Crippen LogP) is 5.40. The number of methoxy groups -OCH3 is 1. The zero-order chi connectivity index (χ0) is 18.4. The molecule has 4 nitrogen and oxygen atoms in total. The quantitative estimate of drug-likeness (QED) is 0.617. The molecule has 26 heavy (non-hydrogen) atoms. The number of benzene rings is 2. The Morgan fingerprint density at radius 3 is 2.58 bits per heavy atom. The van der Waals surface area contributed by atoms with Crippen LogP contribution in [0.2, 0.25) is 10.0 Å². The van der Waals surface area contributed by atoms with E-state index < -0.39 is 0 Å². The molecule has 1 saturated heterocycles. The van der Waals surface area contributed by atoms with E-state index in [-0.39, 0.29) is 0 Å². The molecule has 0 radical (unpaired) electrons. The highest BCUT2D eigenvalue weighted by Crippen LogP contribution is 2.30. The van der Waals surface area contributed by atoms with E-state index in [1.54, 1.807) is 19.2 Å². The minimum absolute atomic E-state index is 0.341. The minimum Gasteiger partial charge on any atom is -0.493 e. The molecule has 0 bridgehead atoms. The first-order valence-electron chi connectivity index (χ1n) is 8.69. The SMILES string of the molecule is COc1cc(/C=N/N2CCCCC2)ccc1OCc1ccc(Cl)cc1Cl. The van der Waals surface area contributed by atoms with E-state index in [4.69, 9.17) is 32.7 Å². The summed E-state index contributed by atoms with van der Waals surface area (Å²) >= 11 is 12.1. The van der Waals surface area contributed by atoms with Crippen LogP contribution in [0.1, 0.15) is 30.4 Å². The van der Waals surface area contributed by atoms with E-state index in [2.05, 4.69) is 10.1 Å². The van der Waals surface area contributed by atoms with Gasteiger partial charge < -0.3 is 9.47 Å². The zero-order valence-corrected chi connectivity index (χ0v) is 16.3. The summed E-state index contributed by atoms with van der Waals surface area (Å²) in [6, 6.07) is 11.1. The van der Waals surface area contributed by atoms with Gasteiger partial charge >= 0.3 is 0 Å². The molecule has 0 spiro atoms. The molecule has 0 N–H and O–H groups in total. The van der Waals surface area contributed by atoms with Gasteiger partial charge in [0.25, 0.3) is 0 Å². The van der Waals surface area contributed by atoms with Crippen molar-refractivity contribution < 1.29 is 9.47 Å². The number of rotatable bonds is 6. The molecule has 1 fully saturated rings. The minimum atomic E-state index is 0.341. The number of nitrogens with zero attached hydrogens (tertiary/aromatic N) is 2. The van der Waals surface area contributed by atoms with Crippen molar-refractivity contribution in [2.75, 3.05) is 20.2 Å². The highest BCUT2D eigenvalue weighted by atomic mass is 35.5. The van der Waals surface area contributed by atoms with Crippen LogP contribution >= 0.6 is 23.2 Å².